The summed E-state index contributed by atoms with van der Waals surface area (Å²) in [5.74, 6) is 0.297. The lowest BCUT2D eigenvalue weighted by atomic mass is 9.58. The van der Waals surface area contributed by atoms with Crippen LogP contribution in [-0.2, 0) is 11.2 Å². The fraction of sp³-hybridized carbons (Fsp3) is 0.719. The first kappa shape index (κ1) is 28.9. The van der Waals surface area contributed by atoms with Crippen molar-refractivity contribution in [2.45, 2.75) is 103 Å². The average Bonchev–Trinajstić information content (AvgIpc) is 2.87. The van der Waals surface area contributed by atoms with Gasteiger partial charge in [-0.15, -0.1) is 0 Å². The summed E-state index contributed by atoms with van der Waals surface area (Å²) in [6.07, 6.45) is 20.8. The van der Waals surface area contributed by atoms with E-state index in [0.717, 1.165) is 50.9 Å². The van der Waals surface area contributed by atoms with Crippen molar-refractivity contribution in [3.63, 3.8) is 0 Å². The van der Waals surface area contributed by atoms with E-state index >= 15 is 0 Å². The molecule has 0 aliphatic heterocycles. The Balaban J connectivity index is 1.60. The maximum atomic E-state index is 12.4. The van der Waals surface area contributed by atoms with Gasteiger partial charge in [0.2, 0.25) is 0 Å². The minimum absolute atomic E-state index is 0.0453. The lowest BCUT2D eigenvalue weighted by Gasteiger charge is -2.47. The molecule has 0 bridgehead atoms. The van der Waals surface area contributed by atoms with Crippen LogP contribution in [0.1, 0.15) is 96.0 Å². The van der Waals surface area contributed by atoms with E-state index < -0.39 is 18.0 Å². The summed E-state index contributed by atoms with van der Waals surface area (Å²) in [6.45, 7) is 2.22. The molecule has 2 aliphatic rings. The van der Waals surface area contributed by atoms with Crippen LogP contribution in [0.5, 0.6) is 0 Å². The first-order valence-corrected chi connectivity index (χ1v) is 14.8. The monoisotopic (exact) mass is 497 g/mol. The van der Waals surface area contributed by atoms with E-state index in [0.29, 0.717) is 12.5 Å². The Morgan fingerprint density at radius 1 is 0.972 bits per heavy atom. The van der Waals surface area contributed by atoms with Gasteiger partial charge >= 0.3 is 5.97 Å². The lowest BCUT2D eigenvalue weighted by Crippen LogP contribution is -2.47. The fourth-order valence-corrected chi connectivity index (χ4v) is 7.43. The number of hydrogen-bond donors (Lipinski definition) is 3. The van der Waals surface area contributed by atoms with Gasteiger partial charge in [0.1, 0.15) is 0 Å². The minimum Gasteiger partial charge on any atom is -0.481 e. The minimum atomic E-state index is -0.864. The molecular formula is C32H51NO3. The molecule has 202 valence electrons. The highest BCUT2D eigenvalue weighted by Crippen LogP contribution is 2.48. The van der Waals surface area contributed by atoms with Crippen LogP contribution in [0.4, 0.5) is 0 Å². The standard InChI is InChI=1S/C32H51NO3/c1-24(34)30(32(35)36)31-28(23-26-16-10-6-11-17-26)20-19-27(29(31)21-22-33)18-12-4-2-3-7-13-25-14-8-5-9-15-25/h2-3,6,10-11,16-17,24-25,27-31,34H,4-5,7-9,12-15,18-23,33H2,1H3,(H,35,36)/b3-2-/t24-,27-,28+,29+,30-,31+/m0/s1. The number of rotatable bonds is 14. The summed E-state index contributed by atoms with van der Waals surface area (Å²) in [7, 11) is 0. The molecule has 0 radical (unpaired) electrons. The van der Waals surface area contributed by atoms with Crippen molar-refractivity contribution in [1.82, 2.24) is 0 Å². The first-order valence-electron chi connectivity index (χ1n) is 14.8. The molecule has 0 unspecified atom stereocenters. The van der Waals surface area contributed by atoms with Crippen molar-refractivity contribution in [1.29, 1.82) is 0 Å². The van der Waals surface area contributed by atoms with Gasteiger partial charge in [-0.25, -0.2) is 0 Å². The van der Waals surface area contributed by atoms with Gasteiger partial charge in [0.15, 0.2) is 0 Å². The van der Waals surface area contributed by atoms with Crippen molar-refractivity contribution in [3.05, 3.63) is 48.0 Å². The van der Waals surface area contributed by atoms with E-state index in [4.69, 9.17) is 5.73 Å². The van der Waals surface area contributed by atoms with Crippen LogP contribution in [-0.4, -0.2) is 28.8 Å². The van der Waals surface area contributed by atoms with Crippen LogP contribution in [0, 0.1) is 35.5 Å². The van der Waals surface area contributed by atoms with Crippen LogP contribution in [0.2, 0.25) is 0 Å². The van der Waals surface area contributed by atoms with Crippen LogP contribution >= 0.6 is 0 Å². The number of aliphatic carboxylic acids is 1. The van der Waals surface area contributed by atoms with E-state index in [1.54, 1.807) is 6.92 Å². The van der Waals surface area contributed by atoms with Crippen LogP contribution < -0.4 is 5.73 Å². The molecule has 1 aromatic carbocycles. The Bertz CT molecular complexity index is 771. The topological polar surface area (TPSA) is 83.5 Å². The fourth-order valence-electron chi connectivity index (χ4n) is 7.43. The SMILES string of the molecule is C[C@H](O)[C@H](C(=O)O)[C@@H]1[C@@H](Cc2ccccc2)CC[C@H](CCC/C=C\CCC2CCCCC2)[C@H]1CCN. The van der Waals surface area contributed by atoms with Crippen molar-refractivity contribution >= 4 is 5.97 Å². The van der Waals surface area contributed by atoms with E-state index in [1.807, 2.05) is 6.07 Å². The zero-order valence-electron chi connectivity index (χ0n) is 22.6. The highest BCUT2D eigenvalue weighted by molar-refractivity contribution is 5.71. The molecule has 3 rings (SSSR count). The van der Waals surface area contributed by atoms with E-state index in [1.165, 1.54) is 50.5 Å². The largest absolute Gasteiger partial charge is 0.481 e. The Hall–Kier alpha value is -1.65. The molecule has 2 saturated carbocycles. The van der Waals surface area contributed by atoms with Gasteiger partial charge in [-0.2, -0.15) is 0 Å². The van der Waals surface area contributed by atoms with Gasteiger partial charge in [-0.05, 0) is 106 Å². The third-order valence-electron chi connectivity index (χ3n) is 9.19. The molecule has 0 aromatic heterocycles. The second kappa shape index (κ2) is 15.6. The summed E-state index contributed by atoms with van der Waals surface area (Å²) in [6, 6.07) is 10.4. The molecule has 2 aliphatic carbocycles. The zero-order valence-corrected chi connectivity index (χ0v) is 22.6. The summed E-state index contributed by atoms with van der Waals surface area (Å²) >= 11 is 0. The van der Waals surface area contributed by atoms with Crippen molar-refractivity contribution < 1.29 is 15.0 Å². The maximum absolute atomic E-state index is 12.4. The molecule has 4 nitrogen and oxygen atoms in total. The highest BCUT2D eigenvalue weighted by atomic mass is 16.4. The van der Waals surface area contributed by atoms with Crippen LogP contribution in [0.15, 0.2) is 42.5 Å². The Kier molecular flexibility index (Phi) is 12.5. The van der Waals surface area contributed by atoms with Crippen LogP contribution in [0.3, 0.4) is 0 Å². The number of aliphatic hydroxyl groups excluding tert-OH is 1. The Morgan fingerprint density at radius 2 is 1.67 bits per heavy atom. The van der Waals surface area contributed by atoms with Gasteiger partial charge < -0.3 is 15.9 Å². The average molecular weight is 498 g/mol. The second-order valence-electron chi connectivity index (χ2n) is 11.7. The third-order valence-corrected chi connectivity index (χ3v) is 9.19. The number of hydrogen-bond acceptors (Lipinski definition) is 3. The number of carboxylic acids is 1. The molecule has 0 spiro atoms. The lowest BCUT2D eigenvalue weighted by molar-refractivity contribution is -0.153. The first-order chi connectivity index (χ1) is 17.5. The van der Waals surface area contributed by atoms with Crippen LogP contribution in [0.25, 0.3) is 0 Å². The van der Waals surface area contributed by atoms with Gasteiger partial charge in [0.05, 0.1) is 12.0 Å². The quantitative estimate of drug-likeness (QED) is 0.191. The molecule has 2 fully saturated rings. The molecule has 1 aromatic rings. The summed E-state index contributed by atoms with van der Waals surface area (Å²) < 4.78 is 0. The molecule has 0 amide bonds. The van der Waals surface area contributed by atoms with Gasteiger partial charge in [-0.3, -0.25) is 4.79 Å². The Morgan fingerprint density at radius 3 is 2.33 bits per heavy atom. The molecule has 36 heavy (non-hydrogen) atoms. The summed E-state index contributed by atoms with van der Waals surface area (Å²) in [5.41, 5.74) is 7.34. The number of carboxylic acid groups (broad SMARTS) is 1. The number of benzene rings is 1. The predicted octanol–water partition coefficient (Wildman–Crippen LogP) is 7.01. The molecule has 4 N–H and O–H groups in total. The zero-order chi connectivity index (χ0) is 25.8. The Labute approximate surface area is 219 Å². The van der Waals surface area contributed by atoms with E-state index in [9.17, 15) is 15.0 Å². The molecule has 0 heterocycles. The number of aliphatic hydroxyl groups is 1. The maximum Gasteiger partial charge on any atom is 0.309 e. The van der Waals surface area contributed by atoms with E-state index in [2.05, 4.69) is 36.4 Å². The molecule has 4 heteroatoms. The van der Waals surface area contributed by atoms with Crippen molar-refractivity contribution in [2.24, 2.45) is 41.2 Å². The summed E-state index contributed by atoms with van der Waals surface area (Å²) in [4.78, 5) is 12.4. The highest BCUT2D eigenvalue weighted by Gasteiger charge is 2.46. The molecular weight excluding hydrogens is 446 g/mol. The van der Waals surface area contributed by atoms with Gasteiger partial charge in [0, 0.05) is 0 Å². The van der Waals surface area contributed by atoms with Crippen molar-refractivity contribution in [3.8, 4) is 0 Å². The van der Waals surface area contributed by atoms with Crippen molar-refractivity contribution in [2.75, 3.05) is 6.54 Å². The molecule has 0 saturated heterocycles. The number of nitrogens with two attached hydrogens (primary N) is 1. The van der Waals surface area contributed by atoms with E-state index in [-0.39, 0.29) is 17.8 Å². The molecule has 6 atom stereocenters. The smallest absolute Gasteiger partial charge is 0.309 e. The van der Waals surface area contributed by atoms with Gasteiger partial charge in [-0.1, -0.05) is 74.6 Å². The second-order valence-corrected chi connectivity index (χ2v) is 11.7. The third kappa shape index (κ3) is 8.73. The number of allylic oxidation sites excluding steroid dienone is 2. The summed E-state index contributed by atoms with van der Waals surface area (Å²) in [5, 5.41) is 20.7. The number of unbranched alkanes of at least 4 members (excludes halogenated alkanes) is 1. The normalized spacial score (nSPS) is 27.2. The predicted molar refractivity (Wildman–Crippen MR) is 149 cm³/mol. The van der Waals surface area contributed by atoms with Gasteiger partial charge in [0.25, 0.3) is 0 Å². The number of carbonyl (C=O) groups is 1.